The van der Waals surface area contributed by atoms with Crippen molar-refractivity contribution >= 4 is 23.2 Å². The summed E-state index contributed by atoms with van der Waals surface area (Å²) in [5.74, 6) is 0. The molecule has 1 unspecified atom stereocenters. The van der Waals surface area contributed by atoms with Gasteiger partial charge in [-0.1, -0.05) is 54.6 Å². The van der Waals surface area contributed by atoms with Crippen LogP contribution in [0.15, 0.2) is 91.0 Å². The molecular formula is C22H30N5P+2. The highest BCUT2D eigenvalue weighted by Crippen LogP contribution is 2.54. The van der Waals surface area contributed by atoms with Crippen LogP contribution in [-0.2, 0) is 0 Å². The number of benzene rings is 3. The first-order valence-corrected chi connectivity index (χ1v) is 11.5. The van der Waals surface area contributed by atoms with E-state index in [2.05, 4.69) is 96.3 Å². The van der Waals surface area contributed by atoms with Crippen LogP contribution in [0.5, 0.6) is 0 Å². The molecule has 3 aromatic rings. The third-order valence-electron chi connectivity index (χ3n) is 4.85. The summed E-state index contributed by atoms with van der Waals surface area (Å²) in [5.41, 5.74) is 17.4. The molecule has 3 aromatic carbocycles. The summed E-state index contributed by atoms with van der Waals surface area (Å²) in [4.78, 5) is 0. The van der Waals surface area contributed by atoms with Crippen molar-refractivity contribution in [2.75, 3.05) is 12.7 Å². The summed E-state index contributed by atoms with van der Waals surface area (Å²) >= 11 is 0. The van der Waals surface area contributed by atoms with Gasteiger partial charge in [-0.25, -0.2) is 0 Å². The van der Waals surface area contributed by atoms with Gasteiger partial charge in [0.1, 0.15) is 23.2 Å². The standard InChI is InChI=1S/C22H29N5P/c23-21(24)27-22(25)26-16-17-28(18-10-4-1-5-11-18,19-12-6-2-7-13-19)20-14-8-3-9-15-20/h1-15,21-22,26-27H,16-17,23-25H2/q+1/p+1. The lowest BCUT2D eigenvalue weighted by atomic mass is 10.4. The van der Waals surface area contributed by atoms with Gasteiger partial charge in [0.15, 0.2) is 12.6 Å². The van der Waals surface area contributed by atoms with Gasteiger partial charge in [0.05, 0.1) is 6.16 Å². The number of quaternary nitrogens is 1. The van der Waals surface area contributed by atoms with Gasteiger partial charge < -0.3 is 0 Å². The molecule has 146 valence electrons. The number of nitrogens with one attached hydrogen (secondary N) is 1. The highest BCUT2D eigenvalue weighted by Gasteiger charge is 2.44. The molecule has 1 atom stereocenters. The molecule has 0 aliphatic heterocycles. The molecule has 0 aliphatic carbocycles. The van der Waals surface area contributed by atoms with Crippen LogP contribution < -0.4 is 43.7 Å². The molecule has 3 rings (SSSR count). The van der Waals surface area contributed by atoms with Gasteiger partial charge in [-0.3, -0.25) is 27.8 Å². The molecule has 28 heavy (non-hydrogen) atoms. The van der Waals surface area contributed by atoms with E-state index in [0.717, 1.165) is 12.7 Å². The van der Waals surface area contributed by atoms with Gasteiger partial charge in [0, 0.05) is 6.54 Å². The number of hydrogen-bond donors (Lipinski definition) is 5. The topological polar surface area (TPSA) is 107 Å². The van der Waals surface area contributed by atoms with E-state index in [-0.39, 0.29) is 6.29 Å². The summed E-state index contributed by atoms with van der Waals surface area (Å²) in [6.07, 6.45) is 0.0930. The van der Waals surface area contributed by atoms with Crippen LogP contribution in [0.25, 0.3) is 0 Å². The van der Waals surface area contributed by atoms with E-state index in [4.69, 9.17) is 17.2 Å². The summed E-state index contributed by atoms with van der Waals surface area (Å²) in [6.45, 7) is 0.761. The lowest BCUT2D eigenvalue weighted by Crippen LogP contribution is -3.04. The number of nitrogens with two attached hydrogens (primary N) is 4. The van der Waals surface area contributed by atoms with Crippen molar-refractivity contribution in [3.8, 4) is 0 Å². The van der Waals surface area contributed by atoms with E-state index in [9.17, 15) is 0 Å². The maximum Gasteiger partial charge on any atom is 0.196 e. The van der Waals surface area contributed by atoms with Crippen LogP contribution in [0.3, 0.4) is 0 Å². The first-order valence-electron chi connectivity index (χ1n) is 9.53. The van der Waals surface area contributed by atoms with Crippen molar-refractivity contribution in [2.24, 2.45) is 17.2 Å². The zero-order chi connectivity index (χ0) is 19.8. The van der Waals surface area contributed by atoms with E-state index in [1.54, 1.807) is 5.32 Å². The molecule has 0 bridgehead atoms. The van der Waals surface area contributed by atoms with Crippen molar-refractivity contribution in [2.45, 2.75) is 12.6 Å². The van der Waals surface area contributed by atoms with Gasteiger partial charge in [0.25, 0.3) is 0 Å². The number of rotatable bonds is 9. The monoisotopic (exact) mass is 395 g/mol. The molecule has 0 aromatic heterocycles. The molecule has 5 nitrogen and oxygen atoms in total. The fourth-order valence-electron chi connectivity index (χ4n) is 3.59. The SMILES string of the molecule is NC(N)[NH2+]C(N)NCC[P+](c1ccccc1)(c1ccccc1)c1ccccc1. The Kier molecular flexibility index (Phi) is 7.29. The summed E-state index contributed by atoms with van der Waals surface area (Å²) in [5, 5.41) is 9.17. The summed E-state index contributed by atoms with van der Waals surface area (Å²) in [7, 11) is -1.84. The van der Waals surface area contributed by atoms with Crippen molar-refractivity contribution in [1.82, 2.24) is 5.32 Å². The lowest BCUT2D eigenvalue weighted by molar-refractivity contribution is -0.724. The van der Waals surface area contributed by atoms with Gasteiger partial charge >= 0.3 is 0 Å². The molecule has 0 spiro atoms. The molecule has 0 amide bonds. The molecule has 6 heteroatoms. The van der Waals surface area contributed by atoms with E-state index in [0.29, 0.717) is 0 Å². The van der Waals surface area contributed by atoms with Crippen LogP contribution in [0.2, 0.25) is 0 Å². The first kappa shape index (κ1) is 20.6. The maximum absolute atomic E-state index is 6.11. The molecule has 0 fully saturated rings. The van der Waals surface area contributed by atoms with Gasteiger partial charge in [-0.05, 0) is 36.4 Å². The van der Waals surface area contributed by atoms with E-state index in [1.807, 2.05) is 0 Å². The van der Waals surface area contributed by atoms with Crippen LogP contribution in [0.1, 0.15) is 0 Å². The van der Waals surface area contributed by atoms with Crippen LogP contribution in [0, 0.1) is 0 Å². The van der Waals surface area contributed by atoms with E-state index in [1.165, 1.54) is 15.9 Å². The summed E-state index contributed by atoms with van der Waals surface area (Å²) in [6, 6.07) is 32.4. The Morgan fingerprint density at radius 1 is 0.679 bits per heavy atom. The minimum atomic E-state index is -1.84. The normalized spacial score (nSPS) is 12.9. The summed E-state index contributed by atoms with van der Waals surface area (Å²) < 4.78 is 0. The molecule has 0 saturated carbocycles. The van der Waals surface area contributed by atoms with Crippen LogP contribution >= 0.6 is 7.26 Å². The highest BCUT2D eigenvalue weighted by molar-refractivity contribution is 7.95. The van der Waals surface area contributed by atoms with Crippen molar-refractivity contribution < 1.29 is 5.32 Å². The van der Waals surface area contributed by atoms with E-state index >= 15 is 0 Å². The van der Waals surface area contributed by atoms with Gasteiger partial charge in [0.2, 0.25) is 0 Å². The van der Waals surface area contributed by atoms with Crippen molar-refractivity contribution in [3.05, 3.63) is 91.0 Å². The zero-order valence-electron chi connectivity index (χ0n) is 16.0. The Hall–Kier alpha value is -2.11. The average molecular weight is 395 g/mol. The minimum absolute atomic E-state index is 0.329. The second-order valence-corrected chi connectivity index (χ2v) is 10.4. The van der Waals surface area contributed by atoms with Crippen LogP contribution in [0.4, 0.5) is 0 Å². The smallest absolute Gasteiger partial charge is 0.196 e. The van der Waals surface area contributed by atoms with Crippen molar-refractivity contribution in [3.63, 3.8) is 0 Å². The fraction of sp³-hybridized carbons (Fsp3) is 0.182. The molecule has 0 radical (unpaired) electrons. The Bertz CT molecular complexity index is 731. The Morgan fingerprint density at radius 3 is 1.43 bits per heavy atom. The third kappa shape index (κ3) is 4.83. The Balaban J connectivity index is 2.02. The highest BCUT2D eigenvalue weighted by atomic mass is 31.2. The first-order chi connectivity index (χ1) is 13.6. The average Bonchev–Trinajstić information content (AvgIpc) is 2.73. The zero-order valence-corrected chi connectivity index (χ0v) is 16.9. The van der Waals surface area contributed by atoms with Crippen LogP contribution in [-0.4, -0.2) is 25.3 Å². The second kappa shape index (κ2) is 9.89. The van der Waals surface area contributed by atoms with Gasteiger partial charge in [-0.15, -0.1) is 0 Å². The quantitative estimate of drug-likeness (QED) is 0.251. The molecule has 0 aliphatic rings. The predicted molar refractivity (Wildman–Crippen MR) is 120 cm³/mol. The Labute approximate surface area is 167 Å². The largest absolute Gasteiger partial charge is 0.291 e. The molecule has 9 N–H and O–H groups in total. The maximum atomic E-state index is 6.11. The van der Waals surface area contributed by atoms with Gasteiger partial charge in [-0.2, -0.15) is 0 Å². The van der Waals surface area contributed by atoms with E-state index < -0.39 is 13.6 Å². The second-order valence-electron chi connectivity index (χ2n) is 6.79. The third-order valence-corrected chi connectivity index (χ3v) is 9.28. The predicted octanol–water partition coefficient (Wildman–Crippen LogP) is -0.423. The molecule has 0 heterocycles. The molecular weight excluding hydrogens is 365 g/mol. The molecule has 0 saturated heterocycles. The van der Waals surface area contributed by atoms with Crippen molar-refractivity contribution in [1.29, 1.82) is 0 Å². The fourth-order valence-corrected chi connectivity index (χ4v) is 7.77. The lowest BCUT2D eigenvalue weighted by Gasteiger charge is -2.28. The number of hydrogen-bond acceptors (Lipinski definition) is 4. The Morgan fingerprint density at radius 2 is 1.07 bits per heavy atom. The minimum Gasteiger partial charge on any atom is -0.291 e.